The molecule has 1 aliphatic heterocycles. The summed E-state index contributed by atoms with van der Waals surface area (Å²) >= 11 is 1.51. The Morgan fingerprint density at radius 3 is 1.98 bits per heavy atom. The minimum Gasteiger partial charge on any atom is -0.481 e. The topological polar surface area (TPSA) is 77.9 Å². The molecule has 50 heavy (non-hydrogen) atoms. The first kappa shape index (κ1) is 34.6. The number of carboxylic acids is 1. The highest BCUT2D eigenvalue weighted by Crippen LogP contribution is 2.33. The highest BCUT2D eigenvalue weighted by atomic mass is 32.1. The third kappa shape index (κ3) is 8.14. The summed E-state index contributed by atoms with van der Waals surface area (Å²) in [6.07, 6.45) is -3.11. The van der Waals surface area contributed by atoms with Crippen molar-refractivity contribution in [3.05, 3.63) is 142 Å². The molecule has 2 atom stereocenters. The van der Waals surface area contributed by atoms with Crippen molar-refractivity contribution >= 4 is 29.1 Å². The van der Waals surface area contributed by atoms with Crippen molar-refractivity contribution < 1.29 is 32.7 Å². The highest BCUT2D eigenvalue weighted by molar-refractivity contribution is 7.10. The molecule has 6 nitrogen and oxygen atoms in total. The molecule has 2 amide bonds. The van der Waals surface area contributed by atoms with Gasteiger partial charge in [0.05, 0.1) is 24.4 Å². The molecule has 6 rings (SSSR count). The molecule has 2 heterocycles. The number of benzene rings is 4. The lowest BCUT2D eigenvalue weighted by atomic mass is 9.96. The predicted molar refractivity (Wildman–Crippen MR) is 188 cm³/mol. The third-order valence-corrected chi connectivity index (χ3v) is 9.97. The van der Waals surface area contributed by atoms with Gasteiger partial charge in [-0.05, 0) is 76.4 Å². The molecular weight excluding hydrogens is 662 g/mol. The van der Waals surface area contributed by atoms with Gasteiger partial charge in [-0.15, -0.1) is 11.3 Å². The largest absolute Gasteiger partial charge is 0.481 e. The maximum absolute atomic E-state index is 14.5. The van der Waals surface area contributed by atoms with Gasteiger partial charge < -0.3 is 14.9 Å². The van der Waals surface area contributed by atoms with Crippen LogP contribution in [0.1, 0.15) is 51.7 Å². The normalized spacial score (nSPS) is 15.1. The molecule has 1 fully saturated rings. The predicted octanol–water partition coefficient (Wildman–Crippen LogP) is 8.99. The Balaban J connectivity index is 1.32. The van der Waals surface area contributed by atoms with E-state index in [1.54, 1.807) is 29.2 Å². The number of halogens is 3. The fourth-order valence-electron chi connectivity index (χ4n) is 6.52. The van der Waals surface area contributed by atoms with Gasteiger partial charge in [0.25, 0.3) is 5.91 Å². The fraction of sp³-hybridized carbons (Fsp3) is 0.225. The Kier molecular flexibility index (Phi) is 10.5. The zero-order valence-electron chi connectivity index (χ0n) is 27.1. The molecule has 4 aromatic carbocycles. The summed E-state index contributed by atoms with van der Waals surface area (Å²) in [7, 11) is 0. The summed E-state index contributed by atoms with van der Waals surface area (Å²) in [5, 5.41) is 12.0. The Morgan fingerprint density at radius 1 is 0.800 bits per heavy atom. The quantitative estimate of drug-likeness (QED) is 0.150. The number of hydrogen-bond acceptors (Lipinski definition) is 4. The van der Waals surface area contributed by atoms with Crippen LogP contribution in [0.3, 0.4) is 0 Å². The van der Waals surface area contributed by atoms with Crippen LogP contribution in [0, 0.1) is 0 Å². The van der Waals surface area contributed by atoms with Crippen molar-refractivity contribution in [2.24, 2.45) is 0 Å². The van der Waals surface area contributed by atoms with Gasteiger partial charge in [0.1, 0.15) is 0 Å². The first-order valence-corrected chi connectivity index (χ1v) is 17.2. The van der Waals surface area contributed by atoms with Crippen LogP contribution >= 0.6 is 11.3 Å². The van der Waals surface area contributed by atoms with Crippen LogP contribution in [-0.2, 0) is 22.2 Å². The first-order chi connectivity index (χ1) is 24.1. The van der Waals surface area contributed by atoms with Crippen LogP contribution in [0.5, 0.6) is 0 Å². The molecule has 0 bridgehead atoms. The van der Waals surface area contributed by atoms with Crippen molar-refractivity contribution in [1.82, 2.24) is 9.80 Å². The zero-order valence-corrected chi connectivity index (χ0v) is 27.9. The van der Waals surface area contributed by atoms with Gasteiger partial charge in [0.15, 0.2) is 0 Å². The number of carbonyl (C=O) groups is 3. The molecule has 0 spiro atoms. The van der Waals surface area contributed by atoms with E-state index in [9.17, 15) is 32.7 Å². The standard InChI is InChI=1S/C40H35F3N2O4S/c41-40(42,43)33-20-18-30(19-21-33)29-12-16-32(17-13-29)39(49)45(26-34-8-4-22-44(34)37(46)24-35-9-5-23-50-35)36(25-38(47)48)31-14-10-28(11-15-31)27-6-2-1-3-7-27/h1-3,5-7,9-21,23,34,36H,4,8,22,24-26H2,(H,47,48)/t34-,36?/m1/s1. The smallest absolute Gasteiger partial charge is 0.416 e. The minimum absolute atomic E-state index is 0.0368. The van der Waals surface area contributed by atoms with E-state index < -0.39 is 29.7 Å². The number of amides is 2. The van der Waals surface area contributed by atoms with Gasteiger partial charge in [-0.25, -0.2) is 0 Å². The molecular formula is C40H35F3N2O4S. The Morgan fingerprint density at radius 2 is 1.40 bits per heavy atom. The van der Waals surface area contributed by atoms with E-state index in [2.05, 4.69) is 0 Å². The van der Waals surface area contributed by atoms with Crippen molar-refractivity contribution in [2.75, 3.05) is 13.1 Å². The maximum Gasteiger partial charge on any atom is 0.416 e. The number of aliphatic carboxylic acids is 1. The Hall–Kier alpha value is -5.22. The maximum atomic E-state index is 14.5. The van der Waals surface area contributed by atoms with Gasteiger partial charge in [0, 0.05) is 29.6 Å². The van der Waals surface area contributed by atoms with E-state index in [1.807, 2.05) is 77.0 Å². The summed E-state index contributed by atoms with van der Waals surface area (Å²) in [4.78, 5) is 44.6. The summed E-state index contributed by atoms with van der Waals surface area (Å²) in [6.45, 7) is 0.683. The lowest BCUT2D eigenvalue weighted by Crippen LogP contribution is -2.47. The molecule has 0 saturated carbocycles. The van der Waals surface area contributed by atoms with Crippen LogP contribution in [-0.4, -0.2) is 51.8 Å². The minimum atomic E-state index is -4.45. The molecule has 1 aromatic heterocycles. The van der Waals surface area contributed by atoms with Crippen LogP contribution in [0.25, 0.3) is 22.3 Å². The van der Waals surface area contributed by atoms with Gasteiger partial charge in [-0.2, -0.15) is 13.2 Å². The van der Waals surface area contributed by atoms with Crippen molar-refractivity contribution in [3.63, 3.8) is 0 Å². The van der Waals surface area contributed by atoms with E-state index in [0.717, 1.165) is 34.6 Å². The summed E-state index contributed by atoms with van der Waals surface area (Å²) < 4.78 is 39.3. The number of rotatable bonds is 11. The highest BCUT2D eigenvalue weighted by Gasteiger charge is 2.36. The SMILES string of the molecule is O=C(O)CC(c1ccc(-c2ccccc2)cc1)N(C[C@H]1CCCN1C(=O)Cc1cccs1)C(=O)c1ccc(-c2ccc(C(F)(F)F)cc2)cc1. The number of carbonyl (C=O) groups excluding carboxylic acids is 2. The van der Waals surface area contributed by atoms with Crippen LogP contribution in [0.2, 0.25) is 0 Å². The van der Waals surface area contributed by atoms with Crippen molar-refractivity contribution in [3.8, 4) is 22.3 Å². The Bertz CT molecular complexity index is 1910. The summed E-state index contributed by atoms with van der Waals surface area (Å²) in [5.74, 6) is -1.51. The summed E-state index contributed by atoms with van der Waals surface area (Å²) in [6, 6.07) is 31.3. The van der Waals surface area contributed by atoms with Gasteiger partial charge in [-0.1, -0.05) is 84.9 Å². The van der Waals surface area contributed by atoms with E-state index in [4.69, 9.17) is 0 Å². The lowest BCUT2D eigenvalue weighted by molar-refractivity contribution is -0.139. The van der Waals surface area contributed by atoms with E-state index in [0.29, 0.717) is 35.2 Å². The monoisotopic (exact) mass is 696 g/mol. The number of alkyl halides is 3. The third-order valence-electron chi connectivity index (χ3n) is 9.10. The molecule has 0 radical (unpaired) electrons. The summed E-state index contributed by atoms with van der Waals surface area (Å²) in [5.41, 5.74) is 3.33. The van der Waals surface area contributed by atoms with Crippen LogP contribution in [0.15, 0.2) is 121 Å². The molecule has 10 heteroatoms. The second-order valence-electron chi connectivity index (χ2n) is 12.4. The first-order valence-electron chi connectivity index (χ1n) is 16.3. The number of nitrogens with zero attached hydrogens (tertiary/aromatic N) is 2. The number of carboxylic acid groups (broad SMARTS) is 1. The number of thiophene rings is 1. The zero-order chi connectivity index (χ0) is 35.3. The molecule has 256 valence electrons. The van der Waals surface area contributed by atoms with Gasteiger partial charge in [-0.3, -0.25) is 14.4 Å². The molecule has 1 saturated heterocycles. The van der Waals surface area contributed by atoms with Crippen LogP contribution < -0.4 is 0 Å². The van der Waals surface area contributed by atoms with Crippen LogP contribution in [0.4, 0.5) is 13.2 Å². The molecule has 0 aliphatic carbocycles. The molecule has 5 aromatic rings. The second kappa shape index (κ2) is 15.1. The van der Waals surface area contributed by atoms with E-state index >= 15 is 0 Å². The lowest BCUT2D eigenvalue weighted by Gasteiger charge is -2.36. The average Bonchev–Trinajstić information content (AvgIpc) is 3.82. The fourth-order valence-corrected chi connectivity index (χ4v) is 7.22. The number of likely N-dealkylation sites (tertiary alicyclic amines) is 1. The average molecular weight is 697 g/mol. The van der Waals surface area contributed by atoms with E-state index in [1.165, 1.54) is 23.5 Å². The number of hydrogen-bond donors (Lipinski definition) is 1. The van der Waals surface area contributed by atoms with Gasteiger partial charge in [0.2, 0.25) is 5.91 Å². The molecule has 1 N–H and O–H groups in total. The van der Waals surface area contributed by atoms with Crippen molar-refractivity contribution in [2.45, 2.75) is 43.9 Å². The molecule has 1 unspecified atom stereocenters. The van der Waals surface area contributed by atoms with Crippen molar-refractivity contribution in [1.29, 1.82) is 0 Å². The Labute approximate surface area is 292 Å². The van der Waals surface area contributed by atoms with E-state index in [-0.39, 0.29) is 31.3 Å². The van der Waals surface area contributed by atoms with Gasteiger partial charge >= 0.3 is 12.1 Å². The second-order valence-corrected chi connectivity index (χ2v) is 13.4. The molecule has 1 aliphatic rings.